The molecule has 0 saturated heterocycles. The fourth-order valence-corrected chi connectivity index (χ4v) is 5.13. The van der Waals surface area contributed by atoms with E-state index >= 15 is 0 Å². The summed E-state index contributed by atoms with van der Waals surface area (Å²) in [6.45, 7) is 4.51. The van der Waals surface area contributed by atoms with Crippen LogP contribution in [0.2, 0.25) is 0 Å². The predicted octanol–water partition coefficient (Wildman–Crippen LogP) is 8.58. The fourth-order valence-electron chi connectivity index (χ4n) is 4.19. The Labute approximate surface area is 209 Å². The molecule has 2 aromatic rings. The normalized spacial score (nSPS) is 14.4. The number of hydrogen-bond acceptors (Lipinski definition) is 0. The molecule has 2 aliphatic carbocycles. The molecule has 36 heavy (non-hydrogen) atoms. The number of benzene rings is 2. The van der Waals surface area contributed by atoms with E-state index in [0.29, 0.717) is 5.92 Å². The van der Waals surface area contributed by atoms with Crippen molar-refractivity contribution in [3.63, 3.8) is 0 Å². The van der Waals surface area contributed by atoms with Gasteiger partial charge < -0.3 is 0 Å². The van der Waals surface area contributed by atoms with Crippen molar-refractivity contribution in [2.45, 2.75) is 24.7 Å². The summed E-state index contributed by atoms with van der Waals surface area (Å²) in [6.07, 6.45) is 2.28. The van der Waals surface area contributed by atoms with Gasteiger partial charge in [0.1, 0.15) is 0 Å². The van der Waals surface area contributed by atoms with Crippen molar-refractivity contribution in [1.29, 1.82) is 0 Å². The van der Waals surface area contributed by atoms with Gasteiger partial charge in [-0.05, 0) is 39.8 Å². The molecule has 0 unspecified atom stereocenters. The van der Waals surface area contributed by atoms with E-state index in [1.54, 1.807) is 0 Å². The molecule has 1 heterocycles. The maximum atomic E-state index is 9.87. The first kappa shape index (κ1) is 26.1. The Morgan fingerprint density at radius 1 is 0.667 bits per heavy atom. The van der Waals surface area contributed by atoms with Crippen molar-refractivity contribution in [2.75, 3.05) is 0 Å². The summed E-state index contributed by atoms with van der Waals surface area (Å²) in [7, 11) is -10.7. The van der Waals surface area contributed by atoms with Gasteiger partial charge in [0.05, 0.1) is 5.22 Å². The molecule has 0 nitrogen and oxygen atoms in total. The zero-order chi connectivity index (χ0) is 26.2. The molecule has 5 rings (SSSR count). The number of rotatable bonds is 3. The molecule has 0 fully saturated rings. The molecule has 0 amide bonds. The first-order valence-electron chi connectivity index (χ1n) is 11.2. The van der Waals surface area contributed by atoms with Crippen LogP contribution in [-0.4, -0.2) is 5.37 Å². The van der Waals surface area contributed by atoms with Gasteiger partial charge in [-0.25, -0.2) is 0 Å². The molecule has 0 N–H and O–H groups in total. The predicted molar refractivity (Wildman–Crippen MR) is 141 cm³/mol. The monoisotopic (exact) mass is 536 g/mol. The molecule has 0 atom stereocenters. The molecule has 0 spiro atoms. The second kappa shape index (κ2) is 8.82. The zero-order valence-electron chi connectivity index (χ0n) is 19.4. The molecular weight excluding hydrogens is 513 g/mol. The fraction of sp³-hybridized carbons (Fsp3) is 0.107. The molecular formula is C28H23F6PS. The molecule has 2 aromatic carbocycles. The molecule has 1 aliphatic heterocycles. The van der Waals surface area contributed by atoms with Crippen molar-refractivity contribution >= 4 is 36.2 Å². The van der Waals surface area contributed by atoms with E-state index in [4.69, 9.17) is 0 Å². The summed E-state index contributed by atoms with van der Waals surface area (Å²) in [6, 6.07) is 30.8. The quantitative estimate of drug-likeness (QED) is 0.106. The van der Waals surface area contributed by atoms with Crippen LogP contribution in [0.4, 0.5) is 25.2 Å². The van der Waals surface area contributed by atoms with Crippen LogP contribution >= 0.6 is 7.81 Å². The zero-order valence-corrected chi connectivity index (χ0v) is 21.1. The van der Waals surface area contributed by atoms with Crippen LogP contribution in [0.25, 0.3) is 22.8 Å². The van der Waals surface area contributed by atoms with E-state index in [1.165, 1.54) is 48.7 Å². The van der Waals surface area contributed by atoms with Gasteiger partial charge in [-0.3, -0.25) is 0 Å². The van der Waals surface area contributed by atoms with Crippen molar-refractivity contribution in [1.82, 2.24) is 0 Å². The van der Waals surface area contributed by atoms with Gasteiger partial charge in [0.15, 0.2) is 5.37 Å². The maximum absolute atomic E-state index is 10.7. The van der Waals surface area contributed by atoms with Crippen LogP contribution < -0.4 is 10.4 Å². The topological polar surface area (TPSA) is 0 Å². The molecule has 0 saturated carbocycles. The first-order chi connectivity index (χ1) is 16.7. The van der Waals surface area contributed by atoms with Gasteiger partial charge in [-0.2, -0.15) is 0 Å². The summed E-state index contributed by atoms with van der Waals surface area (Å²) >= 11 is 1.84. The summed E-state index contributed by atoms with van der Waals surface area (Å²) in [5, 5.41) is 4.92. The van der Waals surface area contributed by atoms with E-state index in [-0.39, 0.29) is 0 Å². The van der Waals surface area contributed by atoms with E-state index in [0.717, 1.165) is 0 Å². The van der Waals surface area contributed by atoms with Gasteiger partial charge in [0.25, 0.3) is 0 Å². The van der Waals surface area contributed by atoms with Gasteiger partial charge in [-0.1, -0.05) is 92.7 Å². The van der Waals surface area contributed by atoms with E-state index in [9.17, 15) is 25.2 Å². The van der Waals surface area contributed by atoms with Crippen LogP contribution in [0.5, 0.6) is 0 Å². The van der Waals surface area contributed by atoms with Crippen LogP contribution in [-0.2, 0) is 11.4 Å². The van der Waals surface area contributed by atoms with E-state index < -0.39 is 7.81 Å². The Hall–Kier alpha value is -3.02. The molecule has 0 aromatic heterocycles. The third kappa shape index (κ3) is 6.59. The molecule has 0 radical (unpaired) electrons. The Balaban J connectivity index is 0.000000384. The third-order valence-electron chi connectivity index (χ3n) is 5.67. The minimum atomic E-state index is -10.7. The van der Waals surface area contributed by atoms with Crippen LogP contribution in [0.1, 0.15) is 36.5 Å². The summed E-state index contributed by atoms with van der Waals surface area (Å²) < 4.78 is 59.2. The number of halogens is 6. The van der Waals surface area contributed by atoms with Gasteiger partial charge in [0.2, 0.25) is 16.2 Å². The summed E-state index contributed by atoms with van der Waals surface area (Å²) in [4.78, 5) is 1.38. The minimum absolute atomic E-state index is 0.514. The Kier molecular flexibility index (Phi) is 6.39. The standard InChI is InChI=1S/C28H23S.F6P/c1-19(2)20-13-15-23-24(16-14-20)28-25(17-18-29-28)27(23)26(21-9-5-3-6-10-21)22-11-7-4-8-12-22;1-7(2,3,4,5)6/h3-19H,1-2H3;/q+1;-1. The summed E-state index contributed by atoms with van der Waals surface area (Å²) in [5.74, 6) is 0.514. The molecule has 188 valence electrons. The van der Waals surface area contributed by atoms with E-state index in [1.807, 2.05) is 11.4 Å². The van der Waals surface area contributed by atoms with E-state index in [2.05, 4.69) is 110 Å². The Morgan fingerprint density at radius 3 is 1.61 bits per heavy atom. The molecule has 8 heteroatoms. The van der Waals surface area contributed by atoms with Crippen molar-refractivity contribution in [3.05, 3.63) is 112 Å². The van der Waals surface area contributed by atoms with Gasteiger partial charge >= 0.3 is 33.0 Å². The average molecular weight is 537 g/mol. The van der Waals surface area contributed by atoms with Crippen molar-refractivity contribution in [3.8, 4) is 11.1 Å². The second-order valence-corrected chi connectivity index (χ2v) is 11.6. The third-order valence-corrected chi connectivity index (χ3v) is 6.61. The SMILES string of the molecule is CC(C)c1ccc2c3c(c(=C(c4ccccc4)c4ccccc4)c-2cc1)=CC=[S+]3.F[P-](F)(F)(F)(F)F. The Morgan fingerprint density at radius 2 is 1.14 bits per heavy atom. The van der Waals surface area contributed by atoms with Crippen LogP contribution in [0, 0.1) is 0 Å². The van der Waals surface area contributed by atoms with Crippen molar-refractivity contribution in [2.24, 2.45) is 0 Å². The molecule has 3 aliphatic rings. The van der Waals surface area contributed by atoms with Gasteiger partial charge in [0, 0.05) is 16.9 Å². The Bertz CT molecular complexity index is 1470. The van der Waals surface area contributed by atoms with Crippen molar-refractivity contribution < 1.29 is 25.2 Å². The van der Waals surface area contributed by atoms with Gasteiger partial charge in [-0.15, -0.1) is 0 Å². The average Bonchev–Trinajstić information content (AvgIpc) is 3.28. The number of fused-ring (bicyclic) bond motifs is 3. The first-order valence-corrected chi connectivity index (χ1v) is 14.1. The molecule has 0 bridgehead atoms. The van der Waals surface area contributed by atoms with Crippen LogP contribution in [0.15, 0.2) is 89.8 Å². The van der Waals surface area contributed by atoms with Crippen LogP contribution in [0.3, 0.4) is 0 Å². The number of hydrogen-bond donors (Lipinski definition) is 0. The second-order valence-electron chi connectivity index (χ2n) is 8.75. The summed E-state index contributed by atoms with van der Waals surface area (Å²) in [5.41, 5.74) is 7.88.